The van der Waals surface area contributed by atoms with Crippen LogP contribution in [0.2, 0.25) is 0 Å². The van der Waals surface area contributed by atoms with Gasteiger partial charge in [-0.15, -0.1) is 0 Å². The standard InChI is InChI=1S/C23H26N4O/c1-3-19-14-22(28)26-23(25-19)18-8-9-21(24-15-18)27-12-10-17(11-13-27)20-7-5-4-6-16(20)2/h4-9,14-15,17H,3,10-13H2,1-2H3,(H,25,26,28). The maximum Gasteiger partial charge on any atom is 0.251 e. The predicted octanol–water partition coefficient (Wildman–Crippen LogP) is 4.09. The number of nitrogens with zero attached hydrogens (tertiary/aromatic N) is 3. The van der Waals surface area contributed by atoms with Crippen LogP contribution in [0.3, 0.4) is 0 Å². The summed E-state index contributed by atoms with van der Waals surface area (Å²) in [6.45, 7) is 6.21. The normalized spacial score (nSPS) is 15.0. The van der Waals surface area contributed by atoms with Gasteiger partial charge in [-0.1, -0.05) is 31.2 Å². The highest BCUT2D eigenvalue weighted by Crippen LogP contribution is 2.31. The van der Waals surface area contributed by atoms with E-state index in [9.17, 15) is 4.79 Å². The molecule has 2 aromatic heterocycles. The SMILES string of the molecule is CCc1cc(=O)[nH]c(-c2ccc(N3CCC(c4ccccc4C)CC3)nc2)n1. The smallest absolute Gasteiger partial charge is 0.251 e. The molecule has 1 fully saturated rings. The first-order valence-electron chi connectivity index (χ1n) is 10.0. The topological polar surface area (TPSA) is 61.9 Å². The van der Waals surface area contributed by atoms with Crippen molar-refractivity contribution in [1.29, 1.82) is 0 Å². The van der Waals surface area contributed by atoms with E-state index in [0.29, 0.717) is 11.7 Å². The third kappa shape index (κ3) is 3.84. The minimum absolute atomic E-state index is 0.121. The average Bonchev–Trinajstić information content (AvgIpc) is 2.74. The molecule has 1 aromatic carbocycles. The van der Waals surface area contributed by atoms with Crippen molar-refractivity contribution in [2.24, 2.45) is 0 Å². The first kappa shape index (κ1) is 18.4. The lowest BCUT2D eigenvalue weighted by molar-refractivity contribution is 0.501. The first-order chi connectivity index (χ1) is 13.6. The lowest BCUT2D eigenvalue weighted by Gasteiger charge is -2.33. The molecule has 3 heterocycles. The lowest BCUT2D eigenvalue weighted by Crippen LogP contribution is -2.33. The number of benzene rings is 1. The molecule has 0 aliphatic carbocycles. The van der Waals surface area contributed by atoms with Crippen LogP contribution in [0.4, 0.5) is 5.82 Å². The summed E-state index contributed by atoms with van der Waals surface area (Å²) < 4.78 is 0. The Hall–Kier alpha value is -2.95. The fourth-order valence-corrected chi connectivity index (χ4v) is 4.00. The third-order valence-corrected chi connectivity index (χ3v) is 5.63. The van der Waals surface area contributed by atoms with Gasteiger partial charge in [-0.25, -0.2) is 9.97 Å². The maximum absolute atomic E-state index is 11.8. The molecule has 0 bridgehead atoms. The van der Waals surface area contributed by atoms with E-state index in [2.05, 4.69) is 51.0 Å². The van der Waals surface area contributed by atoms with Gasteiger partial charge in [-0.05, 0) is 55.4 Å². The summed E-state index contributed by atoms with van der Waals surface area (Å²) in [5.41, 5.74) is 4.38. The van der Waals surface area contributed by atoms with E-state index < -0.39 is 0 Å². The molecule has 0 amide bonds. The largest absolute Gasteiger partial charge is 0.357 e. The number of rotatable bonds is 4. The molecule has 5 heteroatoms. The molecule has 0 saturated carbocycles. The van der Waals surface area contributed by atoms with Crippen LogP contribution in [-0.2, 0) is 6.42 Å². The summed E-state index contributed by atoms with van der Waals surface area (Å²) in [7, 11) is 0. The van der Waals surface area contributed by atoms with Crippen LogP contribution in [0.25, 0.3) is 11.4 Å². The predicted molar refractivity (Wildman–Crippen MR) is 113 cm³/mol. The molecule has 4 rings (SSSR count). The van der Waals surface area contributed by atoms with Crippen molar-refractivity contribution in [3.05, 3.63) is 75.8 Å². The van der Waals surface area contributed by atoms with Crippen LogP contribution >= 0.6 is 0 Å². The van der Waals surface area contributed by atoms with Crippen LogP contribution in [0, 0.1) is 6.92 Å². The maximum atomic E-state index is 11.8. The highest BCUT2D eigenvalue weighted by molar-refractivity contribution is 5.56. The molecular weight excluding hydrogens is 348 g/mol. The zero-order chi connectivity index (χ0) is 19.5. The van der Waals surface area contributed by atoms with E-state index in [1.165, 1.54) is 11.1 Å². The second-order valence-corrected chi connectivity index (χ2v) is 7.46. The van der Waals surface area contributed by atoms with Gasteiger partial charge in [-0.2, -0.15) is 0 Å². The molecule has 144 valence electrons. The van der Waals surface area contributed by atoms with E-state index in [1.807, 2.05) is 19.1 Å². The number of hydrogen-bond acceptors (Lipinski definition) is 4. The van der Waals surface area contributed by atoms with Gasteiger partial charge in [-0.3, -0.25) is 4.79 Å². The number of pyridine rings is 1. The summed E-state index contributed by atoms with van der Waals surface area (Å²) >= 11 is 0. The molecule has 28 heavy (non-hydrogen) atoms. The highest BCUT2D eigenvalue weighted by atomic mass is 16.1. The molecule has 5 nitrogen and oxygen atoms in total. The van der Waals surface area contributed by atoms with Gasteiger partial charge in [0.25, 0.3) is 5.56 Å². The van der Waals surface area contributed by atoms with E-state index in [0.717, 1.165) is 49.4 Å². The second kappa shape index (κ2) is 7.97. The van der Waals surface area contributed by atoms with E-state index in [-0.39, 0.29) is 5.56 Å². The monoisotopic (exact) mass is 374 g/mol. The third-order valence-electron chi connectivity index (χ3n) is 5.63. The number of aryl methyl sites for hydroxylation is 2. The Morgan fingerprint density at radius 2 is 1.93 bits per heavy atom. The zero-order valence-electron chi connectivity index (χ0n) is 16.5. The summed E-state index contributed by atoms with van der Waals surface area (Å²) in [5.74, 6) is 2.20. The van der Waals surface area contributed by atoms with Gasteiger partial charge in [0, 0.05) is 36.6 Å². The molecule has 1 aliphatic rings. The molecule has 1 saturated heterocycles. The molecule has 1 aliphatic heterocycles. The van der Waals surface area contributed by atoms with Gasteiger partial charge >= 0.3 is 0 Å². The van der Waals surface area contributed by atoms with Crippen molar-refractivity contribution in [2.75, 3.05) is 18.0 Å². The van der Waals surface area contributed by atoms with Crippen molar-refractivity contribution in [1.82, 2.24) is 15.0 Å². The molecule has 0 radical (unpaired) electrons. The zero-order valence-corrected chi connectivity index (χ0v) is 16.5. The number of nitrogens with one attached hydrogen (secondary N) is 1. The van der Waals surface area contributed by atoms with Gasteiger partial charge in [0.2, 0.25) is 0 Å². The summed E-state index contributed by atoms with van der Waals surface area (Å²) in [4.78, 5) is 26.1. The number of aromatic amines is 1. The summed E-state index contributed by atoms with van der Waals surface area (Å²) in [6, 6.07) is 14.3. The van der Waals surface area contributed by atoms with E-state index >= 15 is 0 Å². The number of anilines is 1. The van der Waals surface area contributed by atoms with Gasteiger partial charge in [0.1, 0.15) is 11.6 Å². The molecule has 3 aromatic rings. The Kier molecular flexibility index (Phi) is 5.24. The number of hydrogen-bond donors (Lipinski definition) is 1. The molecule has 0 atom stereocenters. The van der Waals surface area contributed by atoms with Crippen molar-refractivity contribution in [3.63, 3.8) is 0 Å². The van der Waals surface area contributed by atoms with Crippen molar-refractivity contribution in [2.45, 2.75) is 39.0 Å². The second-order valence-electron chi connectivity index (χ2n) is 7.46. The van der Waals surface area contributed by atoms with Crippen LogP contribution < -0.4 is 10.5 Å². The Labute approximate surface area is 165 Å². The van der Waals surface area contributed by atoms with Crippen LogP contribution in [-0.4, -0.2) is 28.0 Å². The highest BCUT2D eigenvalue weighted by Gasteiger charge is 2.22. The number of H-pyrrole nitrogens is 1. The Morgan fingerprint density at radius 3 is 2.61 bits per heavy atom. The van der Waals surface area contributed by atoms with Crippen molar-refractivity contribution in [3.8, 4) is 11.4 Å². The number of piperidine rings is 1. The lowest BCUT2D eigenvalue weighted by atomic mass is 9.87. The minimum Gasteiger partial charge on any atom is -0.357 e. The Bertz CT molecular complexity index is 1000. The van der Waals surface area contributed by atoms with Gasteiger partial charge in [0.05, 0.1) is 0 Å². The first-order valence-corrected chi connectivity index (χ1v) is 10.0. The Morgan fingerprint density at radius 1 is 1.14 bits per heavy atom. The van der Waals surface area contributed by atoms with E-state index in [1.54, 1.807) is 12.3 Å². The molecule has 1 N–H and O–H groups in total. The minimum atomic E-state index is -0.121. The van der Waals surface area contributed by atoms with Crippen LogP contribution in [0.5, 0.6) is 0 Å². The summed E-state index contributed by atoms with van der Waals surface area (Å²) in [5, 5.41) is 0. The number of aromatic nitrogens is 3. The van der Waals surface area contributed by atoms with Crippen molar-refractivity contribution < 1.29 is 0 Å². The van der Waals surface area contributed by atoms with Crippen molar-refractivity contribution >= 4 is 5.82 Å². The molecular formula is C23H26N4O. The molecule has 0 spiro atoms. The van der Waals surface area contributed by atoms with Gasteiger partial charge in [0.15, 0.2) is 0 Å². The fraction of sp³-hybridized carbons (Fsp3) is 0.348. The quantitative estimate of drug-likeness (QED) is 0.747. The van der Waals surface area contributed by atoms with Gasteiger partial charge < -0.3 is 9.88 Å². The average molecular weight is 374 g/mol. The summed E-state index contributed by atoms with van der Waals surface area (Å²) in [6.07, 6.45) is 4.82. The molecule has 0 unspecified atom stereocenters. The van der Waals surface area contributed by atoms with Crippen LogP contribution in [0.15, 0.2) is 53.5 Å². The fourth-order valence-electron chi connectivity index (χ4n) is 4.00. The van der Waals surface area contributed by atoms with Crippen LogP contribution in [0.1, 0.15) is 42.5 Å². The van der Waals surface area contributed by atoms with E-state index in [4.69, 9.17) is 0 Å². The Balaban J connectivity index is 1.46.